The molecule has 1 aromatic heterocycles. The lowest BCUT2D eigenvalue weighted by Gasteiger charge is -2.21. The second-order valence-corrected chi connectivity index (χ2v) is 6.16. The van der Waals surface area contributed by atoms with Gasteiger partial charge in [-0.2, -0.15) is 0 Å². The summed E-state index contributed by atoms with van der Waals surface area (Å²) in [5.74, 6) is 0.920. The Balaban J connectivity index is 1.73. The van der Waals surface area contributed by atoms with Crippen LogP contribution < -0.4 is 5.32 Å². The molecule has 0 unspecified atom stereocenters. The first kappa shape index (κ1) is 12.1. The molecule has 1 aromatic rings. The van der Waals surface area contributed by atoms with E-state index in [0.29, 0.717) is 0 Å². The van der Waals surface area contributed by atoms with Gasteiger partial charge in [0.15, 0.2) is 0 Å². The first-order valence-electron chi connectivity index (χ1n) is 6.39. The van der Waals surface area contributed by atoms with Crippen molar-refractivity contribution in [1.29, 1.82) is 0 Å². The van der Waals surface area contributed by atoms with Crippen LogP contribution in [-0.4, -0.2) is 11.5 Å². The minimum atomic E-state index is 0.920. The number of hydrogen-bond acceptors (Lipinski definition) is 3. The van der Waals surface area contributed by atoms with E-state index in [0.717, 1.165) is 12.5 Å². The fourth-order valence-corrected chi connectivity index (χ4v) is 3.43. The van der Waals surface area contributed by atoms with Crippen molar-refractivity contribution < 1.29 is 0 Å². The van der Waals surface area contributed by atoms with Gasteiger partial charge >= 0.3 is 0 Å². The fraction of sp³-hybridized carbons (Fsp3) is 0.769. The monoisotopic (exact) mass is 238 g/mol. The molecule has 1 heterocycles. The summed E-state index contributed by atoms with van der Waals surface area (Å²) in [6, 6.07) is 0. The van der Waals surface area contributed by atoms with Crippen LogP contribution in [0.3, 0.4) is 0 Å². The Morgan fingerprint density at radius 1 is 1.25 bits per heavy atom. The number of aryl methyl sites for hydroxylation is 2. The molecule has 0 aliphatic heterocycles. The van der Waals surface area contributed by atoms with Crippen LogP contribution in [-0.2, 0) is 6.54 Å². The summed E-state index contributed by atoms with van der Waals surface area (Å²) in [5.41, 5.74) is 1.21. The minimum absolute atomic E-state index is 0.920. The first-order valence-corrected chi connectivity index (χ1v) is 7.21. The van der Waals surface area contributed by atoms with Crippen molar-refractivity contribution in [3.05, 3.63) is 15.6 Å². The largest absolute Gasteiger partial charge is 0.312 e. The highest BCUT2D eigenvalue weighted by atomic mass is 32.1. The lowest BCUT2D eigenvalue weighted by Crippen LogP contribution is -2.24. The van der Waals surface area contributed by atoms with Crippen molar-refractivity contribution in [2.75, 3.05) is 6.54 Å². The summed E-state index contributed by atoms with van der Waals surface area (Å²) in [7, 11) is 0. The van der Waals surface area contributed by atoms with E-state index in [1.165, 1.54) is 54.2 Å². The van der Waals surface area contributed by atoms with Gasteiger partial charge in [-0.25, -0.2) is 4.98 Å². The average molecular weight is 238 g/mol. The van der Waals surface area contributed by atoms with Gasteiger partial charge in [0.25, 0.3) is 0 Å². The van der Waals surface area contributed by atoms with E-state index in [-0.39, 0.29) is 0 Å². The zero-order valence-corrected chi connectivity index (χ0v) is 11.2. The number of aromatic nitrogens is 1. The molecule has 1 saturated carbocycles. The van der Waals surface area contributed by atoms with Gasteiger partial charge < -0.3 is 5.32 Å². The van der Waals surface area contributed by atoms with Gasteiger partial charge in [0.05, 0.1) is 10.7 Å². The normalized spacial score (nSPS) is 17.9. The molecule has 0 bridgehead atoms. The summed E-state index contributed by atoms with van der Waals surface area (Å²) in [6.07, 6.45) is 7.17. The molecule has 1 fully saturated rings. The summed E-state index contributed by atoms with van der Waals surface area (Å²) in [4.78, 5) is 5.87. The van der Waals surface area contributed by atoms with E-state index in [4.69, 9.17) is 0 Å². The number of rotatable bonds is 4. The smallest absolute Gasteiger partial charge is 0.0900 e. The van der Waals surface area contributed by atoms with Crippen molar-refractivity contribution in [3.8, 4) is 0 Å². The van der Waals surface area contributed by atoms with Crippen LogP contribution in [0.15, 0.2) is 0 Å². The number of nitrogens with zero attached hydrogens (tertiary/aromatic N) is 1. The van der Waals surface area contributed by atoms with E-state index in [1.54, 1.807) is 0 Å². The quantitative estimate of drug-likeness (QED) is 0.869. The molecule has 90 valence electrons. The van der Waals surface area contributed by atoms with E-state index in [1.807, 2.05) is 11.3 Å². The van der Waals surface area contributed by atoms with E-state index in [9.17, 15) is 0 Å². The maximum atomic E-state index is 4.46. The van der Waals surface area contributed by atoms with Gasteiger partial charge in [-0.3, -0.25) is 0 Å². The number of hydrogen-bond donors (Lipinski definition) is 1. The molecule has 16 heavy (non-hydrogen) atoms. The van der Waals surface area contributed by atoms with Crippen LogP contribution in [0, 0.1) is 19.8 Å². The van der Waals surface area contributed by atoms with E-state index in [2.05, 4.69) is 24.1 Å². The first-order chi connectivity index (χ1) is 7.75. The molecule has 2 nitrogen and oxygen atoms in total. The molecule has 0 amide bonds. The molecule has 0 saturated heterocycles. The Morgan fingerprint density at radius 3 is 2.62 bits per heavy atom. The molecule has 2 rings (SSSR count). The second-order valence-electron chi connectivity index (χ2n) is 4.88. The lowest BCUT2D eigenvalue weighted by atomic mass is 9.89. The van der Waals surface area contributed by atoms with Crippen LogP contribution in [0.5, 0.6) is 0 Å². The van der Waals surface area contributed by atoms with Crippen molar-refractivity contribution >= 4 is 11.3 Å². The predicted octanol–water partition coefficient (Wildman–Crippen LogP) is 3.43. The van der Waals surface area contributed by atoms with Crippen molar-refractivity contribution in [2.24, 2.45) is 5.92 Å². The van der Waals surface area contributed by atoms with Crippen molar-refractivity contribution in [1.82, 2.24) is 10.3 Å². The molecule has 1 aliphatic rings. The Bertz CT molecular complexity index is 327. The Hall–Kier alpha value is -0.410. The van der Waals surface area contributed by atoms with Crippen molar-refractivity contribution in [3.63, 3.8) is 0 Å². The van der Waals surface area contributed by atoms with Gasteiger partial charge in [-0.1, -0.05) is 19.3 Å². The van der Waals surface area contributed by atoms with Gasteiger partial charge in [-0.05, 0) is 39.2 Å². The van der Waals surface area contributed by atoms with Crippen LogP contribution in [0.25, 0.3) is 0 Å². The molecular weight excluding hydrogens is 216 g/mol. The second kappa shape index (κ2) is 5.78. The third-order valence-corrected chi connectivity index (χ3v) is 4.52. The van der Waals surface area contributed by atoms with E-state index < -0.39 is 0 Å². The van der Waals surface area contributed by atoms with Gasteiger partial charge in [0, 0.05) is 11.4 Å². The van der Waals surface area contributed by atoms with Crippen LogP contribution in [0.2, 0.25) is 0 Å². The molecular formula is C13H22N2S. The SMILES string of the molecule is Cc1nc(C)c(CNCC2CCCCC2)s1. The van der Waals surface area contributed by atoms with Crippen LogP contribution in [0.4, 0.5) is 0 Å². The lowest BCUT2D eigenvalue weighted by molar-refractivity contribution is 0.342. The maximum absolute atomic E-state index is 4.46. The third-order valence-electron chi connectivity index (χ3n) is 3.44. The Kier molecular flexibility index (Phi) is 4.36. The number of thiazole rings is 1. The van der Waals surface area contributed by atoms with Gasteiger partial charge in [-0.15, -0.1) is 11.3 Å². The molecule has 0 atom stereocenters. The van der Waals surface area contributed by atoms with Crippen LogP contribution in [0.1, 0.15) is 47.7 Å². The summed E-state index contributed by atoms with van der Waals surface area (Å²) >= 11 is 1.83. The minimum Gasteiger partial charge on any atom is -0.312 e. The Labute approximate surface area is 102 Å². The Morgan fingerprint density at radius 2 is 2.00 bits per heavy atom. The topological polar surface area (TPSA) is 24.9 Å². The highest BCUT2D eigenvalue weighted by molar-refractivity contribution is 7.11. The van der Waals surface area contributed by atoms with Gasteiger partial charge in [0.2, 0.25) is 0 Å². The predicted molar refractivity (Wildman–Crippen MR) is 69.9 cm³/mol. The number of nitrogens with one attached hydrogen (secondary N) is 1. The average Bonchev–Trinajstić information content (AvgIpc) is 2.59. The highest BCUT2D eigenvalue weighted by Crippen LogP contribution is 2.23. The summed E-state index contributed by atoms with van der Waals surface area (Å²) < 4.78 is 0. The third kappa shape index (κ3) is 3.29. The molecule has 0 radical (unpaired) electrons. The van der Waals surface area contributed by atoms with Gasteiger partial charge in [0.1, 0.15) is 0 Å². The zero-order chi connectivity index (χ0) is 11.4. The molecule has 1 aliphatic carbocycles. The van der Waals surface area contributed by atoms with E-state index >= 15 is 0 Å². The fourth-order valence-electron chi connectivity index (χ4n) is 2.52. The van der Waals surface area contributed by atoms with Crippen LogP contribution >= 0.6 is 11.3 Å². The summed E-state index contributed by atoms with van der Waals surface area (Å²) in [6.45, 7) is 6.40. The summed E-state index contributed by atoms with van der Waals surface area (Å²) in [5, 5.41) is 4.78. The maximum Gasteiger partial charge on any atom is 0.0900 e. The highest BCUT2D eigenvalue weighted by Gasteiger charge is 2.13. The molecule has 0 spiro atoms. The molecule has 1 N–H and O–H groups in total. The molecule has 3 heteroatoms. The standard InChI is InChI=1S/C13H22N2S/c1-10-13(16-11(2)15-10)9-14-8-12-6-4-3-5-7-12/h12,14H,3-9H2,1-2H3. The zero-order valence-electron chi connectivity index (χ0n) is 10.4. The van der Waals surface area contributed by atoms with Crippen molar-refractivity contribution in [2.45, 2.75) is 52.5 Å². The molecule has 0 aromatic carbocycles.